The summed E-state index contributed by atoms with van der Waals surface area (Å²) in [5.74, 6) is 0. The van der Waals surface area contributed by atoms with Crippen LogP contribution in [0.25, 0.3) is 10.9 Å². The van der Waals surface area contributed by atoms with E-state index in [1.165, 1.54) is 0 Å². The van der Waals surface area contributed by atoms with Gasteiger partial charge in [-0.2, -0.15) is 5.26 Å². The smallest absolute Gasteiger partial charge is 0.101 e. The van der Waals surface area contributed by atoms with E-state index in [0.717, 1.165) is 15.4 Å². The Morgan fingerprint density at radius 2 is 2.23 bits per heavy atom. The number of nitrogens with zero attached hydrogens (tertiary/aromatic N) is 1. The van der Waals surface area contributed by atoms with Crippen LogP contribution in [0.1, 0.15) is 5.56 Å². The predicted molar refractivity (Wildman–Crippen MR) is 55.1 cm³/mol. The van der Waals surface area contributed by atoms with Crippen LogP contribution >= 0.6 is 15.9 Å². The van der Waals surface area contributed by atoms with E-state index in [1.54, 1.807) is 12.3 Å². The van der Waals surface area contributed by atoms with Crippen molar-refractivity contribution >= 4 is 32.5 Å². The van der Waals surface area contributed by atoms with Crippen molar-refractivity contribution in [3.05, 3.63) is 28.4 Å². The molecule has 0 saturated heterocycles. The third kappa shape index (κ3) is 1.18. The molecule has 2 aromatic rings. The number of nitriles is 1. The molecule has 4 heteroatoms. The van der Waals surface area contributed by atoms with Crippen LogP contribution in [0.15, 0.2) is 22.8 Å². The second-order valence-corrected chi connectivity index (χ2v) is 3.65. The van der Waals surface area contributed by atoms with Gasteiger partial charge in [-0.25, -0.2) is 0 Å². The number of halogens is 1. The van der Waals surface area contributed by atoms with E-state index in [4.69, 9.17) is 11.0 Å². The molecule has 0 unspecified atom stereocenters. The summed E-state index contributed by atoms with van der Waals surface area (Å²) in [6.45, 7) is 0. The highest BCUT2D eigenvalue weighted by Gasteiger charge is 2.06. The fourth-order valence-electron chi connectivity index (χ4n) is 1.31. The van der Waals surface area contributed by atoms with Gasteiger partial charge in [0.2, 0.25) is 0 Å². The molecule has 1 aromatic carbocycles. The van der Waals surface area contributed by atoms with Crippen molar-refractivity contribution in [2.75, 3.05) is 5.73 Å². The monoisotopic (exact) mass is 235 g/mol. The molecule has 0 radical (unpaired) electrons. The molecule has 0 aliphatic heterocycles. The van der Waals surface area contributed by atoms with E-state index < -0.39 is 0 Å². The summed E-state index contributed by atoms with van der Waals surface area (Å²) in [6, 6.07) is 5.76. The molecule has 0 fully saturated rings. The Labute approximate surface area is 83.3 Å². The van der Waals surface area contributed by atoms with Crippen LogP contribution in [-0.4, -0.2) is 4.98 Å². The normalized spacial score (nSPS) is 10.2. The van der Waals surface area contributed by atoms with E-state index >= 15 is 0 Å². The highest BCUT2D eigenvalue weighted by atomic mass is 79.9. The van der Waals surface area contributed by atoms with Crippen LogP contribution in [-0.2, 0) is 0 Å². The molecule has 0 aliphatic carbocycles. The molecule has 0 atom stereocenters. The zero-order chi connectivity index (χ0) is 9.42. The summed E-state index contributed by atoms with van der Waals surface area (Å²) in [5, 5.41) is 9.72. The predicted octanol–water partition coefficient (Wildman–Crippen LogP) is 2.38. The summed E-state index contributed by atoms with van der Waals surface area (Å²) in [7, 11) is 0. The molecule has 13 heavy (non-hydrogen) atoms. The summed E-state index contributed by atoms with van der Waals surface area (Å²) < 4.78 is 0.864. The number of nitrogens with one attached hydrogen (secondary N) is 1. The van der Waals surface area contributed by atoms with E-state index in [1.807, 2.05) is 6.07 Å². The van der Waals surface area contributed by atoms with Gasteiger partial charge >= 0.3 is 0 Å². The lowest BCUT2D eigenvalue weighted by Gasteiger charge is -1.95. The Morgan fingerprint density at radius 3 is 2.92 bits per heavy atom. The molecule has 3 N–H and O–H groups in total. The van der Waals surface area contributed by atoms with E-state index in [0.29, 0.717) is 11.3 Å². The first-order valence-electron chi connectivity index (χ1n) is 3.68. The average Bonchev–Trinajstić information content (AvgIpc) is 2.47. The summed E-state index contributed by atoms with van der Waals surface area (Å²) in [6.07, 6.45) is 1.69. The first-order chi connectivity index (χ1) is 6.22. The number of benzene rings is 1. The molecular weight excluding hydrogens is 230 g/mol. The van der Waals surface area contributed by atoms with Gasteiger partial charge in [0.1, 0.15) is 6.07 Å². The molecule has 0 spiro atoms. The standard InChI is InChI=1S/C9H6BrN3/c10-6-1-5(3-11)9-7(2-6)8(12)4-13-9/h1-2,4,13H,12H2. The lowest BCUT2D eigenvalue weighted by Crippen LogP contribution is -1.82. The largest absolute Gasteiger partial charge is 0.397 e. The fourth-order valence-corrected chi connectivity index (χ4v) is 1.76. The van der Waals surface area contributed by atoms with Crippen molar-refractivity contribution < 1.29 is 0 Å². The second kappa shape index (κ2) is 2.79. The Hall–Kier alpha value is -1.47. The molecule has 3 nitrogen and oxygen atoms in total. The third-order valence-electron chi connectivity index (χ3n) is 1.91. The SMILES string of the molecule is N#Cc1cc(Br)cc2c(N)c[nH]c12. The number of hydrogen-bond donors (Lipinski definition) is 2. The van der Waals surface area contributed by atoms with Crippen molar-refractivity contribution in [3.8, 4) is 6.07 Å². The molecule has 0 amide bonds. The molecule has 1 heterocycles. The Balaban J connectivity index is 2.94. The Kier molecular flexibility index (Phi) is 1.74. The van der Waals surface area contributed by atoms with Gasteiger partial charge in [0.15, 0.2) is 0 Å². The number of fused-ring (bicyclic) bond motifs is 1. The zero-order valence-electron chi connectivity index (χ0n) is 6.63. The number of H-pyrrole nitrogens is 1. The fraction of sp³-hybridized carbons (Fsp3) is 0. The molecule has 64 valence electrons. The number of nitrogens with two attached hydrogens (primary N) is 1. The topological polar surface area (TPSA) is 65.6 Å². The van der Waals surface area contributed by atoms with Gasteiger partial charge in [-0.05, 0) is 12.1 Å². The highest BCUT2D eigenvalue weighted by Crippen LogP contribution is 2.27. The maximum atomic E-state index is 8.84. The zero-order valence-corrected chi connectivity index (χ0v) is 8.22. The Bertz CT molecular complexity index is 507. The van der Waals surface area contributed by atoms with Gasteiger partial charge in [-0.3, -0.25) is 0 Å². The van der Waals surface area contributed by atoms with Crippen LogP contribution in [0.3, 0.4) is 0 Å². The molecule has 0 aliphatic rings. The minimum atomic E-state index is 0.598. The number of nitrogen functional groups attached to an aromatic ring is 1. The summed E-state index contributed by atoms with van der Waals surface area (Å²) >= 11 is 3.32. The summed E-state index contributed by atoms with van der Waals surface area (Å²) in [5.41, 5.74) is 7.76. The van der Waals surface area contributed by atoms with Gasteiger partial charge in [0, 0.05) is 16.1 Å². The minimum absolute atomic E-state index is 0.598. The van der Waals surface area contributed by atoms with Crippen LogP contribution in [0.4, 0.5) is 5.69 Å². The lowest BCUT2D eigenvalue weighted by atomic mass is 10.1. The Morgan fingerprint density at radius 1 is 1.46 bits per heavy atom. The number of aromatic nitrogens is 1. The van der Waals surface area contributed by atoms with Crippen molar-refractivity contribution in [1.29, 1.82) is 5.26 Å². The van der Waals surface area contributed by atoms with E-state index in [2.05, 4.69) is 27.0 Å². The van der Waals surface area contributed by atoms with Gasteiger partial charge in [0.25, 0.3) is 0 Å². The maximum Gasteiger partial charge on any atom is 0.101 e. The van der Waals surface area contributed by atoms with Crippen LogP contribution in [0.5, 0.6) is 0 Å². The molecule has 2 rings (SSSR count). The number of anilines is 1. The molecular formula is C9H6BrN3. The van der Waals surface area contributed by atoms with Crippen molar-refractivity contribution in [2.45, 2.75) is 0 Å². The first kappa shape index (κ1) is 8.14. The maximum absolute atomic E-state index is 8.84. The van der Waals surface area contributed by atoms with Gasteiger partial charge in [0.05, 0.1) is 16.8 Å². The molecule has 0 saturated carbocycles. The van der Waals surface area contributed by atoms with Crippen LogP contribution < -0.4 is 5.73 Å². The van der Waals surface area contributed by atoms with Crippen molar-refractivity contribution in [3.63, 3.8) is 0 Å². The quantitative estimate of drug-likeness (QED) is 0.737. The minimum Gasteiger partial charge on any atom is -0.397 e. The first-order valence-corrected chi connectivity index (χ1v) is 4.48. The lowest BCUT2D eigenvalue weighted by molar-refractivity contribution is 1.44. The van der Waals surface area contributed by atoms with E-state index in [-0.39, 0.29) is 0 Å². The summed E-state index contributed by atoms with van der Waals surface area (Å²) in [4.78, 5) is 2.97. The number of hydrogen-bond acceptors (Lipinski definition) is 2. The van der Waals surface area contributed by atoms with Crippen molar-refractivity contribution in [2.24, 2.45) is 0 Å². The van der Waals surface area contributed by atoms with Crippen molar-refractivity contribution in [1.82, 2.24) is 4.98 Å². The van der Waals surface area contributed by atoms with Gasteiger partial charge in [-0.15, -0.1) is 0 Å². The molecule has 0 bridgehead atoms. The number of aromatic amines is 1. The van der Waals surface area contributed by atoms with Gasteiger partial charge < -0.3 is 10.7 Å². The van der Waals surface area contributed by atoms with Gasteiger partial charge in [-0.1, -0.05) is 15.9 Å². The average molecular weight is 236 g/mol. The van der Waals surface area contributed by atoms with E-state index in [9.17, 15) is 0 Å². The highest BCUT2D eigenvalue weighted by molar-refractivity contribution is 9.10. The molecule has 1 aromatic heterocycles. The van der Waals surface area contributed by atoms with Crippen LogP contribution in [0.2, 0.25) is 0 Å². The van der Waals surface area contributed by atoms with Crippen LogP contribution in [0, 0.1) is 11.3 Å². The number of rotatable bonds is 0. The third-order valence-corrected chi connectivity index (χ3v) is 2.36. The second-order valence-electron chi connectivity index (χ2n) is 2.73.